The number of benzene rings is 1. The van der Waals surface area contributed by atoms with E-state index in [1.165, 1.54) is 0 Å². The number of amides is 1. The lowest BCUT2D eigenvalue weighted by Gasteiger charge is -2.18. The predicted octanol–water partition coefficient (Wildman–Crippen LogP) is 3.55. The van der Waals surface area contributed by atoms with Gasteiger partial charge in [-0.3, -0.25) is 4.79 Å². The number of ether oxygens (including phenoxy) is 2. The molecule has 0 aliphatic carbocycles. The molecule has 0 fully saturated rings. The molecular formula is C17H25NO3. The molecule has 0 saturated carbocycles. The van der Waals surface area contributed by atoms with Crippen molar-refractivity contribution in [2.24, 2.45) is 0 Å². The van der Waals surface area contributed by atoms with Gasteiger partial charge in [0.15, 0.2) is 11.5 Å². The molecule has 0 bridgehead atoms. The summed E-state index contributed by atoms with van der Waals surface area (Å²) in [5.41, 5.74) is 0.636. The quantitative estimate of drug-likeness (QED) is 0.872. The molecule has 2 rings (SSSR count). The van der Waals surface area contributed by atoms with Crippen LogP contribution in [0.4, 0.5) is 0 Å². The second-order valence-corrected chi connectivity index (χ2v) is 5.46. The average Bonchev–Trinajstić information content (AvgIpc) is 2.72. The summed E-state index contributed by atoms with van der Waals surface area (Å²) < 4.78 is 11.2. The third kappa shape index (κ3) is 4.38. The van der Waals surface area contributed by atoms with Gasteiger partial charge in [0.2, 0.25) is 0 Å². The average molecular weight is 291 g/mol. The van der Waals surface area contributed by atoms with Crippen molar-refractivity contribution in [3.8, 4) is 11.5 Å². The van der Waals surface area contributed by atoms with Gasteiger partial charge in [0.05, 0.1) is 13.2 Å². The van der Waals surface area contributed by atoms with Crippen molar-refractivity contribution in [3.63, 3.8) is 0 Å². The summed E-state index contributed by atoms with van der Waals surface area (Å²) in [6.07, 6.45) is 5.05. The summed E-state index contributed by atoms with van der Waals surface area (Å²) in [5.74, 6) is 1.36. The van der Waals surface area contributed by atoms with Gasteiger partial charge in [-0.2, -0.15) is 0 Å². The third-order valence-corrected chi connectivity index (χ3v) is 3.62. The van der Waals surface area contributed by atoms with E-state index >= 15 is 0 Å². The maximum absolute atomic E-state index is 12.4. The molecule has 4 heteroatoms. The Hall–Kier alpha value is -1.71. The van der Waals surface area contributed by atoms with Crippen LogP contribution in [0.3, 0.4) is 0 Å². The standard InChI is InChI=1S/C17H25NO3/c1-3-6-14(7-4-2)18-17(19)13-8-9-15-16(12-13)21-11-5-10-20-15/h8-9,12,14H,3-7,10-11H2,1-2H3,(H,18,19). The Morgan fingerprint density at radius 2 is 1.81 bits per heavy atom. The van der Waals surface area contributed by atoms with Crippen molar-refractivity contribution in [2.75, 3.05) is 13.2 Å². The van der Waals surface area contributed by atoms with Gasteiger partial charge < -0.3 is 14.8 Å². The molecule has 0 unspecified atom stereocenters. The molecule has 116 valence electrons. The van der Waals surface area contributed by atoms with E-state index in [1.807, 2.05) is 6.07 Å². The molecule has 1 aliphatic rings. The number of fused-ring (bicyclic) bond motifs is 1. The van der Waals surface area contributed by atoms with Crippen LogP contribution in [0.1, 0.15) is 56.3 Å². The smallest absolute Gasteiger partial charge is 0.251 e. The molecule has 0 spiro atoms. The van der Waals surface area contributed by atoms with E-state index in [1.54, 1.807) is 12.1 Å². The largest absolute Gasteiger partial charge is 0.490 e. The van der Waals surface area contributed by atoms with E-state index in [0.29, 0.717) is 24.5 Å². The fraction of sp³-hybridized carbons (Fsp3) is 0.588. The second-order valence-electron chi connectivity index (χ2n) is 5.46. The molecule has 1 heterocycles. The first kappa shape index (κ1) is 15.7. The van der Waals surface area contributed by atoms with Gasteiger partial charge in [-0.25, -0.2) is 0 Å². The van der Waals surface area contributed by atoms with Crippen LogP contribution in [0.2, 0.25) is 0 Å². The minimum absolute atomic E-state index is 0.0300. The lowest BCUT2D eigenvalue weighted by atomic mass is 10.1. The number of nitrogens with one attached hydrogen (secondary N) is 1. The summed E-state index contributed by atoms with van der Waals surface area (Å²) in [5, 5.41) is 3.12. The highest BCUT2D eigenvalue weighted by Gasteiger charge is 2.16. The maximum Gasteiger partial charge on any atom is 0.251 e. The molecule has 1 aliphatic heterocycles. The van der Waals surface area contributed by atoms with Crippen molar-refractivity contribution in [3.05, 3.63) is 23.8 Å². The number of hydrogen-bond acceptors (Lipinski definition) is 3. The molecule has 0 atom stereocenters. The topological polar surface area (TPSA) is 47.6 Å². The zero-order valence-electron chi connectivity index (χ0n) is 13.0. The zero-order chi connectivity index (χ0) is 15.1. The van der Waals surface area contributed by atoms with Crippen LogP contribution in [0.15, 0.2) is 18.2 Å². The van der Waals surface area contributed by atoms with E-state index in [-0.39, 0.29) is 11.9 Å². The van der Waals surface area contributed by atoms with Gasteiger partial charge in [0, 0.05) is 18.0 Å². The Labute approximate surface area is 126 Å². The Balaban J connectivity index is 2.06. The SMILES string of the molecule is CCCC(CCC)NC(=O)c1ccc2c(c1)OCCCO2. The summed E-state index contributed by atoms with van der Waals surface area (Å²) in [7, 11) is 0. The highest BCUT2D eigenvalue weighted by Crippen LogP contribution is 2.30. The Bertz CT molecular complexity index is 467. The maximum atomic E-state index is 12.4. The van der Waals surface area contributed by atoms with E-state index in [0.717, 1.165) is 37.9 Å². The highest BCUT2D eigenvalue weighted by atomic mass is 16.5. The Morgan fingerprint density at radius 1 is 1.14 bits per heavy atom. The van der Waals surface area contributed by atoms with E-state index < -0.39 is 0 Å². The van der Waals surface area contributed by atoms with Crippen molar-refractivity contribution in [1.29, 1.82) is 0 Å². The normalized spacial score (nSPS) is 13.9. The van der Waals surface area contributed by atoms with Crippen molar-refractivity contribution in [2.45, 2.75) is 52.0 Å². The van der Waals surface area contributed by atoms with Gasteiger partial charge >= 0.3 is 0 Å². The van der Waals surface area contributed by atoms with Crippen molar-refractivity contribution in [1.82, 2.24) is 5.32 Å². The van der Waals surface area contributed by atoms with Gasteiger partial charge in [0.1, 0.15) is 0 Å². The van der Waals surface area contributed by atoms with Gasteiger partial charge in [-0.05, 0) is 31.0 Å². The lowest BCUT2D eigenvalue weighted by molar-refractivity contribution is 0.0932. The zero-order valence-corrected chi connectivity index (χ0v) is 13.0. The van der Waals surface area contributed by atoms with Crippen LogP contribution < -0.4 is 14.8 Å². The van der Waals surface area contributed by atoms with E-state index in [2.05, 4.69) is 19.2 Å². The monoisotopic (exact) mass is 291 g/mol. The van der Waals surface area contributed by atoms with Crippen LogP contribution in [0, 0.1) is 0 Å². The molecule has 21 heavy (non-hydrogen) atoms. The van der Waals surface area contributed by atoms with Gasteiger partial charge in [0.25, 0.3) is 5.91 Å². The molecule has 0 saturated heterocycles. The van der Waals surface area contributed by atoms with Crippen LogP contribution in [-0.4, -0.2) is 25.2 Å². The van der Waals surface area contributed by atoms with Gasteiger partial charge in [-0.15, -0.1) is 0 Å². The molecular weight excluding hydrogens is 266 g/mol. The number of carbonyl (C=O) groups excluding carboxylic acids is 1. The first-order valence-electron chi connectivity index (χ1n) is 7.95. The summed E-state index contributed by atoms with van der Waals surface area (Å²) in [4.78, 5) is 12.4. The minimum Gasteiger partial charge on any atom is -0.490 e. The van der Waals surface area contributed by atoms with Crippen molar-refractivity contribution < 1.29 is 14.3 Å². The van der Waals surface area contributed by atoms with Crippen LogP contribution in [-0.2, 0) is 0 Å². The number of carbonyl (C=O) groups is 1. The molecule has 1 aromatic rings. The summed E-state index contributed by atoms with van der Waals surface area (Å²) >= 11 is 0. The highest BCUT2D eigenvalue weighted by molar-refractivity contribution is 5.95. The van der Waals surface area contributed by atoms with Crippen LogP contribution >= 0.6 is 0 Å². The second kappa shape index (κ2) is 7.91. The first-order chi connectivity index (χ1) is 10.2. The molecule has 1 aromatic carbocycles. The Kier molecular flexibility index (Phi) is 5.90. The molecule has 0 aromatic heterocycles. The van der Waals surface area contributed by atoms with E-state index in [9.17, 15) is 4.79 Å². The molecule has 4 nitrogen and oxygen atoms in total. The molecule has 1 N–H and O–H groups in total. The van der Waals surface area contributed by atoms with Gasteiger partial charge in [-0.1, -0.05) is 26.7 Å². The molecule has 1 amide bonds. The summed E-state index contributed by atoms with van der Waals surface area (Å²) in [6.45, 7) is 5.57. The summed E-state index contributed by atoms with van der Waals surface area (Å²) in [6, 6.07) is 5.66. The fourth-order valence-electron chi connectivity index (χ4n) is 2.56. The number of rotatable bonds is 6. The predicted molar refractivity (Wildman–Crippen MR) is 83.1 cm³/mol. The first-order valence-corrected chi connectivity index (χ1v) is 7.95. The minimum atomic E-state index is -0.0300. The van der Waals surface area contributed by atoms with Crippen molar-refractivity contribution >= 4 is 5.91 Å². The fourth-order valence-corrected chi connectivity index (χ4v) is 2.56. The Morgan fingerprint density at radius 3 is 2.48 bits per heavy atom. The number of hydrogen-bond donors (Lipinski definition) is 1. The van der Waals surface area contributed by atoms with Crippen LogP contribution in [0.25, 0.3) is 0 Å². The van der Waals surface area contributed by atoms with E-state index in [4.69, 9.17) is 9.47 Å². The van der Waals surface area contributed by atoms with Crippen LogP contribution in [0.5, 0.6) is 11.5 Å². The third-order valence-electron chi connectivity index (χ3n) is 3.62. The lowest BCUT2D eigenvalue weighted by Crippen LogP contribution is -2.34. The molecule has 0 radical (unpaired) electrons.